The Morgan fingerprint density at radius 1 is 1.35 bits per heavy atom. The van der Waals surface area contributed by atoms with E-state index in [2.05, 4.69) is 20.9 Å². The zero-order chi connectivity index (χ0) is 18.3. The minimum atomic E-state index is -3.76. The van der Waals surface area contributed by atoms with Crippen LogP contribution < -0.4 is 4.72 Å². The first-order valence-electron chi connectivity index (χ1n) is 8.57. The van der Waals surface area contributed by atoms with Gasteiger partial charge in [-0.1, -0.05) is 18.9 Å². The van der Waals surface area contributed by atoms with Crippen molar-refractivity contribution in [3.8, 4) is 6.07 Å². The highest BCUT2D eigenvalue weighted by Crippen LogP contribution is 2.31. The molecule has 3 aromatic rings. The number of rotatable bonds is 4. The molecule has 0 saturated heterocycles. The third-order valence-corrected chi connectivity index (χ3v) is 6.32. The van der Waals surface area contributed by atoms with Gasteiger partial charge in [-0.2, -0.15) is 10.4 Å². The van der Waals surface area contributed by atoms with Crippen molar-refractivity contribution in [3.63, 3.8) is 0 Å². The first-order valence-corrected chi connectivity index (χ1v) is 10.1. The number of H-pyrrole nitrogens is 1. The number of nitrogens with zero attached hydrogens (tertiary/aromatic N) is 3. The molecule has 0 bridgehead atoms. The van der Waals surface area contributed by atoms with Crippen molar-refractivity contribution in [2.24, 2.45) is 0 Å². The second-order valence-electron chi connectivity index (χ2n) is 6.69. The average Bonchev–Trinajstić information content (AvgIpc) is 3.36. The third kappa shape index (κ3) is 2.74. The van der Waals surface area contributed by atoms with Crippen molar-refractivity contribution < 1.29 is 8.42 Å². The largest absolute Gasteiger partial charge is 0.358 e. The van der Waals surface area contributed by atoms with Gasteiger partial charge < -0.3 is 4.98 Å². The van der Waals surface area contributed by atoms with Crippen LogP contribution in [0.25, 0.3) is 10.9 Å². The molecule has 0 atom stereocenters. The number of fused-ring (bicyclic) bond motifs is 1. The predicted molar refractivity (Wildman–Crippen MR) is 98.3 cm³/mol. The molecule has 2 aromatic heterocycles. The lowest BCUT2D eigenvalue weighted by Gasteiger charge is -2.10. The summed E-state index contributed by atoms with van der Waals surface area (Å²) < 4.78 is 30.0. The number of anilines is 1. The fourth-order valence-electron chi connectivity index (χ4n) is 3.63. The molecule has 1 fully saturated rings. The van der Waals surface area contributed by atoms with E-state index in [1.807, 2.05) is 6.92 Å². The van der Waals surface area contributed by atoms with E-state index in [1.54, 1.807) is 29.2 Å². The first-order chi connectivity index (χ1) is 12.5. The Morgan fingerprint density at radius 3 is 2.85 bits per heavy atom. The Labute approximate surface area is 151 Å². The summed E-state index contributed by atoms with van der Waals surface area (Å²) in [4.78, 5) is 3.15. The maximum Gasteiger partial charge on any atom is 0.265 e. The van der Waals surface area contributed by atoms with Crippen molar-refractivity contribution >= 4 is 26.6 Å². The van der Waals surface area contributed by atoms with Crippen LogP contribution in [0, 0.1) is 18.3 Å². The lowest BCUT2D eigenvalue weighted by atomic mass is 10.1. The lowest BCUT2D eigenvalue weighted by Crippen LogP contribution is -2.13. The van der Waals surface area contributed by atoms with Crippen LogP contribution >= 0.6 is 0 Å². The van der Waals surface area contributed by atoms with Crippen molar-refractivity contribution in [1.29, 1.82) is 5.26 Å². The van der Waals surface area contributed by atoms with Crippen molar-refractivity contribution in [3.05, 3.63) is 41.9 Å². The number of benzene rings is 1. The van der Waals surface area contributed by atoms with Crippen LogP contribution in [0.3, 0.4) is 0 Å². The molecule has 1 aliphatic rings. The number of aryl methyl sites for hydroxylation is 1. The molecule has 0 radical (unpaired) electrons. The van der Waals surface area contributed by atoms with Gasteiger partial charge in [0.25, 0.3) is 10.0 Å². The molecular formula is C18H19N5O2S. The monoisotopic (exact) mass is 369 g/mol. The van der Waals surface area contributed by atoms with Crippen LogP contribution in [-0.2, 0) is 10.0 Å². The molecule has 0 unspecified atom stereocenters. The standard InChI is InChI=1S/C18H19N5O2S/c1-12-6-7-16(18-17(12)13(8-19)9-20-18)22-26(24,25)15-10-21-23(11-15)14-4-2-3-5-14/h6-7,9-11,14,20,22H,2-5H2,1H3. The summed E-state index contributed by atoms with van der Waals surface area (Å²) >= 11 is 0. The molecule has 1 aliphatic carbocycles. The van der Waals surface area contributed by atoms with Crippen LogP contribution in [-0.4, -0.2) is 23.2 Å². The number of nitrogens with one attached hydrogen (secondary N) is 2. The second-order valence-corrected chi connectivity index (χ2v) is 8.38. The lowest BCUT2D eigenvalue weighted by molar-refractivity contribution is 0.466. The van der Waals surface area contributed by atoms with E-state index < -0.39 is 10.0 Å². The summed E-state index contributed by atoms with van der Waals surface area (Å²) in [7, 11) is -3.76. The molecule has 2 N–H and O–H groups in total. The predicted octanol–water partition coefficient (Wildman–Crippen LogP) is 3.46. The molecule has 2 heterocycles. The number of hydrogen-bond acceptors (Lipinski definition) is 4. The summed E-state index contributed by atoms with van der Waals surface area (Å²) in [6.07, 6.45) is 8.95. The molecule has 0 spiro atoms. The Balaban J connectivity index is 1.68. The Hall–Kier alpha value is -2.79. The summed E-state index contributed by atoms with van der Waals surface area (Å²) in [5, 5.41) is 14.2. The normalized spacial score (nSPS) is 15.4. The van der Waals surface area contributed by atoms with Gasteiger partial charge in [0.15, 0.2) is 0 Å². The highest BCUT2D eigenvalue weighted by Gasteiger charge is 2.23. The number of sulfonamides is 1. The number of aromatic amines is 1. The van der Waals surface area contributed by atoms with Crippen LogP contribution in [0.1, 0.15) is 42.9 Å². The van der Waals surface area contributed by atoms with Crippen molar-refractivity contribution in [1.82, 2.24) is 14.8 Å². The van der Waals surface area contributed by atoms with Crippen molar-refractivity contribution in [2.75, 3.05) is 4.72 Å². The molecule has 4 rings (SSSR count). The number of nitriles is 1. The quantitative estimate of drug-likeness (QED) is 0.735. The SMILES string of the molecule is Cc1ccc(NS(=O)(=O)c2cnn(C3CCCC3)c2)c2[nH]cc(C#N)c12. The first kappa shape index (κ1) is 16.7. The van der Waals surface area contributed by atoms with E-state index in [0.29, 0.717) is 16.8 Å². The number of aromatic nitrogens is 3. The van der Waals surface area contributed by atoms with Crippen LogP contribution in [0.2, 0.25) is 0 Å². The van der Waals surface area contributed by atoms with Gasteiger partial charge in [-0.3, -0.25) is 9.40 Å². The molecule has 0 amide bonds. The molecule has 134 valence electrons. The van der Waals surface area contributed by atoms with Gasteiger partial charge >= 0.3 is 0 Å². The van der Waals surface area contributed by atoms with Gasteiger partial charge in [0.1, 0.15) is 11.0 Å². The molecule has 1 saturated carbocycles. The summed E-state index contributed by atoms with van der Waals surface area (Å²) in [6, 6.07) is 5.91. The molecule has 26 heavy (non-hydrogen) atoms. The van der Waals surface area contributed by atoms with Gasteiger partial charge in [-0.05, 0) is 31.4 Å². The van der Waals surface area contributed by atoms with E-state index in [9.17, 15) is 13.7 Å². The highest BCUT2D eigenvalue weighted by atomic mass is 32.2. The van der Waals surface area contributed by atoms with Gasteiger partial charge in [0.2, 0.25) is 0 Å². The van der Waals surface area contributed by atoms with E-state index >= 15 is 0 Å². The summed E-state index contributed by atoms with van der Waals surface area (Å²) in [6.45, 7) is 1.89. The fourth-order valence-corrected chi connectivity index (χ4v) is 4.64. The zero-order valence-electron chi connectivity index (χ0n) is 14.4. The topological polar surface area (TPSA) is 104 Å². The Morgan fingerprint density at radius 2 is 2.12 bits per heavy atom. The average molecular weight is 369 g/mol. The Bertz CT molecular complexity index is 1110. The second kappa shape index (κ2) is 6.18. The van der Waals surface area contributed by atoms with E-state index in [1.165, 1.54) is 6.20 Å². The van der Waals surface area contributed by atoms with Gasteiger partial charge in [-0.25, -0.2) is 8.42 Å². The summed E-state index contributed by atoms with van der Waals surface area (Å²) in [5.74, 6) is 0. The van der Waals surface area contributed by atoms with Crippen LogP contribution in [0.15, 0.2) is 35.6 Å². The van der Waals surface area contributed by atoms with E-state index in [4.69, 9.17) is 0 Å². The van der Waals surface area contributed by atoms with E-state index in [-0.39, 0.29) is 10.9 Å². The highest BCUT2D eigenvalue weighted by molar-refractivity contribution is 7.92. The van der Waals surface area contributed by atoms with E-state index in [0.717, 1.165) is 36.6 Å². The van der Waals surface area contributed by atoms with Crippen LogP contribution in [0.5, 0.6) is 0 Å². The van der Waals surface area contributed by atoms with Gasteiger partial charge in [0.05, 0.1) is 29.0 Å². The minimum Gasteiger partial charge on any atom is -0.358 e. The smallest absolute Gasteiger partial charge is 0.265 e. The number of hydrogen-bond donors (Lipinski definition) is 2. The fraction of sp³-hybridized carbons (Fsp3) is 0.333. The van der Waals surface area contributed by atoms with Gasteiger partial charge in [0, 0.05) is 17.8 Å². The maximum absolute atomic E-state index is 12.8. The van der Waals surface area contributed by atoms with Gasteiger partial charge in [-0.15, -0.1) is 0 Å². The molecular weight excluding hydrogens is 350 g/mol. The summed E-state index contributed by atoms with van der Waals surface area (Å²) in [5.41, 5.74) is 2.43. The molecule has 7 nitrogen and oxygen atoms in total. The van der Waals surface area contributed by atoms with Crippen LogP contribution in [0.4, 0.5) is 5.69 Å². The minimum absolute atomic E-state index is 0.144. The molecule has 1 aromatic carbocycles. The molecule has 0 aliphatic heterocycles. The zero-order valence-corrected chi connectivity index (χ0v) is 15.2. The van der Waals surface area contributed by atoms with Crippen molar-refractivity contribution in [2.45, 2.75) is 43.5 Å². The maximum atomic E-state index is 12.8. The molecule has 8 heteroatoms. The Kier molecular flexibility index (Phi) is 3.96. The third-order valence-electron chi connectivity index (χ3n) is 5.00.